The van der Waals surface area contributed by atoms with Gasteiger partial charge in [-0.15, -0.1) is 0 Å². The van der Waals surface area contributed by atoms with Gasteiger partial charge in [0.25, 0.3) is 0 Å². The molecule has 0 saturated carbocycles. The normalized spacial score (nSPS) is 16.7. The first-order valence-corrected chi connectivity index (χ1v) is 7.05. The van der Waals surface area contributed by atoms with E-state index in [0.29, 0.717) is 6.61 Å². The second-order valence-electron chi connectivity index (χ2n) is 5.28. The summed E-state index contributed by atoms with van der Waals surface area (Å²) in [6.07, 6.45) is 0. The quantitative estimate of drug-likeness (QED) is 0.831. The maximum Gasteiger partial charge on any atom is 0.159 e. The van der Waals surface area contributed by atoms with Crippen molar-refractivity contribution in [2.45, 2.75) is 19.5 Å². The molecule has 1 aliphatic rings. The molecule has 2 nitrogen and oxygen atoms in total. The Morgan fingerprint density at radius 2 is 1.90 bits per heavy atom. The highest BCUT2D eigenvalue weighted by atomic mass is 19.2. The van der Waals surface area contributed by atoms with Gasteiger partial charge in [-0.3, -0.25) is 4.90 Å². The largest absolute Gasteiger partial charge is 0.492 e. The number of para-hydroxylation sites is 1. The van der Waals surface area contributed by atoms with Crippen LogP contribution in [0.2, 0.25) is 0 Å². The van der Waals surface area contributed by atoms with Crippen LogP contribution >= 0.6 is 0 Å². The summed E-state index contributed by atoms with van der Waals surface area (Å²) in [5.74, 6) is -0.709. The van der Waals surface area contributed by atoms with Crippen LogP contribution in [-0.4, -0.2) is 18.1 Å². The second kappa shape index (κ2) is 5.82. The van der Waals surface area contributed by atoms with Crippen molar-refractivity contribution in [1.29, 1.82) is 0 Å². The number of fused-ring (bicyclic) bond motifs is 1. The van der Waals surface area contributed by atoms with Crippen LogP contribution in [0.1, 0.15) is 24.1 Å². The number of halogens is 2. The van der Waals surface area contributed by atoms with Crippen LogP contribution in [0.4, 0.5) is 8.78 Å². The molecule has 2 aromatic rings. The number of hydrogen-bond acceptors (Lipinski definition) is 2. The first kappa shape index (κ1) is 14.0. The molecule has 0 aliphatic carbocycles. The zero-order valence-corrected chi connectivity index (χ0v) is 11.9. The highest BCUT2D eigenvalue weighted by Crippen LogP contribution is 2.28. The average Bonchev–Trinajstić information content (AvgIpc) is 2.71. The molecule has 0 N–H and O–H groups in total. The van der Waals surface area contributed by atoms with Crippen LogP contribution in [-0.2, 0) is 6.54 Å². The van der Waals surface area contributed by atoms with Gasteiger partial charge in [-0.2, -0.15) is 0 Å². The summed E-state index contributed by atoms with van der Waals surface area (Å²) >= 11 is 0. The lowest BCUT2D eigenvalue weighted by molar-refractivity contribution is 0.179. The highest BCUT2D eigenvalue weighted by molar-refractivity contribution is 5.34. The maximum absolute atomic E-state index is 13.4. The fourth-order valence-electron chi connectivity index (χ4n) is 2.66. The molecule has 4 heteroatoms. The van der Waals surface area contributed by atoms with Gasteiger partial charge in [0.15, 0.2) is 11.6 Å². The molecule has 2 aromatic carbocycles. The second-order valence-corrected chi connectivity index (χ2v) is 5.28. The number of hydrogen-bond donors (Lipinski definition) is 0. The molecule has 21 heavy (non-hydrogen) atoms. The summed E-state index contributed by atoms with van der Waals surface area (Å²) in [5, 5.41) is 0. The third kappa shape index (κ3) is 2.90. The molecule has 1 aliphatic heterocycles. The Bertz CT molecular complexity index is 644. The van der Waals surface area contributed by atoms with E-state index >= 15 is 0 Å². The van der Waals surface area contributed by atoms with Crippen molar-refractivity contribution < 1.29 is 13.5 Å². The van der Waals surface area contributed by atoms with Crippen LogP contribution in [0.5, 0.6) is 5.75 Å². The van der Waals surface area contributed by atoms with Crippen LogP contribution in [0.25, 0.3) is 0 Å². The molecule has 0 spiro atoms. The molecule has 0 fully saturated rings. The molecule has 0 aromatic heterocycles. The monoisotopic (exact) mass is 289 g/mol. The Kier molecular flexibility index (Phi) is 3.88. The molecule has 1 unspecified atom stereocenters. The third-order valence-corrected chi connectivity index (χ3v) is 3.96. The van der Waals surface area contributed by atoms with Crippen molar-refractivity contribution in [2.75, 3.05) is 13.2 Å². The predicted octanol–water partition coefficient (Wildman–Crippen LogP) is 3.92. The van der Waals surface area contributed by atoms with E-state index in [-0.39, 0.29) is 6.04 Å². The topological polar surface area (TPSA) is 12.5 Å². The first-order chi connectivity index (χ1) is 10.1. The fourth-order valence-corrected chi connectivity index (χ4v) is 2.66. The Labute approximate surface area is 123 Å². The SMILES string of the molecule is CC(c1ccc(F)c(F)c1)N1CCOc2ccccc2C1. The Hall–Kier alpha value is -1.94. The number of nitrogens with zero attached hydrogens (tertiary/aromatic N) is 1. The Morgan fingerprint density at radius 1 is 1.10 bits per heavy atom. The van der Waals surface area contributed by atoms with Gasteiger partial charge in [0, 0.05) is 24.7 Å². The summed E-state index contributed by atoms with van der Waals surface area (Å²) in [6, 6.07) is 12.0. The summed E-state index contributed by atoms with van der Waals surface area (Å²) < 4.78 is 32.2. The minimum atomic E-state index is -0.810. The lowest BCUT2D eigenvalue weighted by atomic mass is 10.1. The molecule has 1 atom stereocenters. The molecule has 3 rings (SSSR count). The van der Waals surface area contributed by atoms with Crippen LogP contribution in [0.15, 0.2) is 42.5 Å². The fraction of sp³-hybridized carbons (Fsp3) is 0.294. The van der Waals surface area contributed by atoms with Crippen LogP contribution in [0, 0.1) is 11.6 Å². The highest BCUT2D eigenvalue weighted by Gasteiger charge is 2.21. The summed E-state index contributed by atoms with van der Waals surface area (Å²) in [7, 11) is 0. The number of ether oxygens (including phenoxy) is 1. The van der Waals surface area contributed by atoms with Gasteiger partial charge in [-0.1, -0.05) is 24.3 Å². The van der Waals surface area contributed by atoms with Gasteiger partial charge in [0.1, 0.15) is 12.4 Å². The van der Waals surface area contributed by atoms with E-state index in [4.69, 9.17) is 4.74 Å². The van der Waals surface area contributed by atoms with Gasteiger partial charge in [-0.25, -0.2) is 8.78 Å². The summed E-state index contributed by atoms with van der Waals surface area (Å²) in [4.78, 5) is 2.21. The molecule has 110 valence electrons. The van der Waals surface area contributed by atoms with E-state index < -0.39 is 11.6 Å². The first-order valence-electron chi connectivity index (χ1n) is 7.05. The van der Waals surface area contributed by atoms with E-state index in [0.717, 1.165) is 30.0 Å². The zero-order chi connectivity index (χ0) is 14.8. The van der Waals surface area contributed by atoms with Crippen molar-refractivity contribution in [3.8, 4) is 5.75 Å². The van der Waals surface area contributed by atoms with Gasteiger partial charge in [-0.05, 0) is 30.7 Å². The van der Waals surface area contributed by atoms with Crippen molar-refractivity contribution >= 4 is 0 Å². The maximum atomic E-state index is 13.4. The molecular weight excluding hydrogens is 272 g/mol. The molecular formula is C17H17F2NO. The zero-order valence-electron chi connectivity index (χ0n) is 11.9. The molecule has 1 heterocycles. The lowest BCUT2D eigenvalue weighted by Gasteiger charge is -2.27. The standard InChI is InChI=1S/C17H17F2NO/c1-12(13-6-7-15(18)16(19)10-13)20-8-9-21-17-5-3-2-4-14(17)11-20/h2-7,10,12H,8-9,11H2,1H3. The van der Waals surface area contributed by atoms with Gasteiger partial charge >= 0.3 is 0 Å². The number of benzene rings is 2. The third-order valence-electron chi connectivity index (χ3n) is 3.96. The minimum Gasteiger partial charge on any atom is -0.492 e. The lowest BCUT2D eigenvalue weighted by Crippen LogP contribution is -2.28. The van der Waals surface area contributed by atoms with Crippen LogP contribution < -0.4 is 4.74 Å². The molecule has 0 saturated heterocycles. The van der Waals surface area contributed by atoms with E-state index in [2.05, 4.69) is 4.90 Å². The van der Waals surface area contributed by atoms with E-state index in [9.17, 15) is 8.78 Å². The predicted molar refractivity (Wildman–Crippen MR) is 77.1 cm³/mol. The average molecular weight is 289 g/mol. The molecule has 0 amide bonds. The smallest absolute Gasteiger partial charge is 0.159 e. The molecule has 0 bridgehead atoms. The van der Waals surface area contributed by atoms with E-state index in [1.165, 1.54) is 12.1 Å². The minimum absolute atomic E-state index is 0.00476. The van der Waals surface area contributed by atoms with Crippen molar-refractivity contribution in [2.24, 2.45) is 0 Å². The summed E-state index contributed by atoms with van der Waals surface area (Å²) in [5.41, 5.74) is 1.89. The van der Waals surface area contributed by atoms with Crippen molar-refractivity contribution in [3.05, 3.63) is 65.2 Å². The van der Waals surface area contributed by atoms with Gasteiger partial charge in [0.2, 0.25) is 0 Å². The van der Waals surface area contributed by atoms with Crippen molar-refractivity contribution in [1.82, 2.24) is 4.90 Å². The van der Waals surface area contributed by atoms with E-state index in [1.54, 1.807) is 6.07 Å². The van der Waals surface area contributed by atoms with E-state index in [1.807, 2.05) is 31.2 Å². The Morgan fingerprint density at radius 3 is 2.71 bits per heavy atom. The molecule has 0 radical (unpaired) electrons. The summed E-state index contributed by atoms with van der Waals surface area (Å²) in [6.45, 7) is 4.07. The van der Waals surface area contributed by atoms with Gasteiger partial charge in [0.05, 0.1) is 0 Å². The van der Waals surface area contributed by atoms with Crippen molar-refractivity contribution in [3.63, 3.8) is 0 Å². The Balaban J connectivity index is 1.84. The van der Waals surface area contributed by atoms with Crippen LogP contribution in [0.3, 0.4) is 0 Å². The number of rotatable bonds is 2. The van der Waals surface area contributed by atoms with Gasteiger partial charge < -0.3 is 4.74 Å².